The summed E-state index contributed by atoms with van der Waals surface area (Å²) in [6.45, 7) is 0. The monoisotopic (exact) mass is 663 g/mol. The zero-order valence-corrected chi connectivity index (χ0v) is 28.0. The molecule has 0 aliphatic heterocycles. The average molecular weight is 664 g/mol. The van der Waals surface area contributed by atoms with Crippen LogP contribution in [0.4, 0.5) is 0 Å². The van der Waals surface area contributed by atoms with Gasteiger partial charge in [0.25, 0.3) is 0 Å². The van der Waals surface area contributed by atoms with Gasteiger partial charge in [0.15, 0.2) is 0 Å². The van der Waals surface area contributed by atoms with Crippen LogP contribution in [-0.4, -0.2) is 14.5 Å². The van der Waals surface area contributed by atoms with Crippen molar-refractivity contribution in [1.29, 1.82) is 0 Å². The quantitative estimate of drug-likeness (QED) is 0.188. The van der Waals surface area contributed by atoms with Gasteiger partial charge in [-0.2, -0.15) is 0 Å². The van der Waals surface area contributed by atoms with E-state index < -0.39 is 0 Å². The normalized spacial score (nSPS) is 11.8. The molecule has 0 N–H and O–H groups in total. The molecule has 0 aliphatic carbocycles. The van der Waals surface area contributed by atoms with E-state index >= 15 is 0 Å². The van der Waals surface area contributed by atoms with Gasteiger partial charge in [0.05, 0.1) is 22.2 Å². The molecule has 3 aromatic heterocycles. The minimum atomic E-state index is 0.646. The number of fused-ring (bicyclic) bond motifs is 9. The van der Waals surface area contributed by atoms with E-state index in [9.17, 15) is 0 Å². The Balaban J connectivity index is 1.20. The molecule has 242 valence electrons. The van der Waals surface area contributed by atoms with E-state index in [0.717, 1.165) is 88.2 Å². The van der Waals surface area contributed by atoms with E-state index in [1.807, 2.05) is 18.2 Å². The Morgan fingerprint density at radius 1 is 0.385 bits per heavy atom. The molecule has 8 aromatic carbocycles. The fraction of sp³-hybridized carbons (Fsp3) is 0. The number of benzene rings is 8. The van der Waals surface area contributed by atoms with Gasteiger partial charge in [0.1, 0.15) is 11.2 Å². The molecule has 52 heavy (non-hydrogen) atoms. The molecule has 3 heterocycles. The van der Waals surface area contributed by atoms with Crippen LogP contribution in [0.5, 0.6) is 0 Å². The van der Waals surface area contributed by atoms with Gasteiger partial charge in [-0.1, -0.05) is 146 Å². The number of furan rings is 1. The van der Waals surface area contributed by atoms with Gasteiger partial charge in [0.2, 0.25) is 5.95 Å². The van der Waals surface area contributed by atoms with Crippen LogP contribution in [0, 0.1) is 0 Å². The van der Waals surface area contributed by atoms with Crippen molar-refractivity contribution >= 4 is 65.4 Å². The van der Waals surface area contributed by atoms with E-state index in [4.69, 9.17) is 14.4 Å². The molecular formula is C48H29N3O. The Morgan fingerprint density at radius 3 is 1.96 bits per heavy atom. The summed E-state index contributed by atoms with van der Waals surface area (Å²) in [6, 6.07) is 62.0. The van der Waals surface area contributed by atoms with Crippen molar-refractivity contribution in [1.82, 2.24) is 14.5 Å². The standard InChI is InChI=1S/C48H29N3O/c1-2-13-31(14-3-1)45-41-19-6-8-22-42(41)49-48(50-45)51-46-35-17-5-4-12-30(35)24-27-40(46)39-21-11-20-36(47(39)51)34-16-10-15-32(28-34)33-25-26-38-37-18-7-9-23-43(37)52-44(38)29-33/h1-29H. The Labute approximate surface area is 298 Å². The molecule has 0 aliphatic rings. The molecule has 4 heteroatoms. The minimum absolute atomic E-state index is 0.646. The molecule has 4 nitrogen and oxygen atoms in total. The number of rotatable bonds is 4. The maximum absolute atomic E-state index is 6.28. The van der Waals surface area contributed by atoms with Gasteiger partial charge in [0, 0.05) is 43.4 Å². The van der Waals surface area contributed by atoms with Crippen LogP contribution in [0.15, 0.2) is 180 Å². The molecule has 11 rings (SSSR count). The number of hydrogen-bond donors (Lipinski definition) is 0. The van der Waals surface area contributed by atoms with Crippen molar-refractivity contribution in [2.45, 2.75) is 0 Å². The number of nitrogens with zero attached hydrogens (tertiary/aromatic N) is 3. The van der Waals surface area contributed by atoms with Gasteiger partial charge in [-0.25, -0.2) is 9.97 Å². The lowest BCUT2D eigenvalue weighted by Crippen LogP contribution is -2.04. The summed E-state index contributed by atoms with van der Waals surface area (Å²) in [5.74, 6) is 0.646. The highest BCUT2D eigenvalue weighted by atomic mass is 16.3. The van der Waals surface area contributed by atoms with Crippen LogP contribution in [0.25, 0.3) is 105 Å². The SMILES string of the molecule is c1ccc(-c2nc(-n3c4c(-c5cccc(-c6ccc7c(c6)oc6ccccc67)c5)cccc4c4ccc5ccccc5c43)nc3ccccc23)cc1. The lowest BCUT2D eigenvalue weighted by molar-refractivity contribution is 0.669. The summed E-state index contributed by atoms with van der Waals surface area (Å²) >= 11 is 0. The second-order valence-corrected chi connectivity index (χ2v) is 13.4. The topological polar surface area (TPSA) is 43.9 Å². The van der Waals surface area contributed by atoms with E-state index in [0.29, 0.717) is 5.95 Å². The summed E-state index contributed by atoms with van der Waals surface area (Å²) in [6.07, 6.45) is 0. The molecule has 0 amide bonds. The van der Waals surface area contributed by atoms with Crippen molar-refractivity contribution in [2.75, 3.05) is 0 Å². The van der Waals surface area contributed by atoms with Crippen molar-refractivity contribution in [2.24, 2.45) is 0 Å². The molecule has 0 bridgehead atoms. The maximum Gasteiger partial charge on any atom is 0.235 e. The van der Waals surface area contributed by atoms with Crippen molar-refractivity contribution < 1.29 is 4.42 Å². The fourth-order valence-corrected chi connectivity index (χ4v) is 8.01. The summed E-state index contributed by atoms with van der Waals surface area (Å²) < 4.78 is 8.58. The highest BCUT2D eigenvalue weighted by Gasteiger charge is 2.22. The average Bonchev–Trinajstić information content (AvgIpc) is 3.76. The van der Waals surface area contributed by atoms with Crippen molar-refractivity contribution in [3.63, 3.8) is 0 Å². The Kier molecular flexibility index (Phi) is 6.22. The first-order chi connectivity index (χ1) is 25.8. The number of hydrogen-bond acceptors (Lipinski definition) is 3. The zero-order valence-electron chi connectivity index (χ0n) is 28.0. The van der Waals surface area contributed by atoms with Gasteiger partial charge in [-0.05, 0) is 52.4 Å². The predicted molar refractivity (Wildman–Crippen MR) is 215 cm³/mol. The molecule has 0 saturated heterocycles. The number of aromatic nitrogens is 3. The summed E-state index contributed by atoms with van der Waals surface area (Å²) in [5.41, 5.74) is 11.3. The first kappa shape index (κ1) is 28.8. The van der Waals surface area contributed by atoms with Crippen LogP contribution in [0.3, 0.4) is 0 Å². The van der Waals surface area contributed by atoms with E-state index in [1.165, 1.54) is 10.8 Å². The zero-order chi connectivity index (χ0) is 34.2. The van der Waals surface area contributed by atoms with E-state index in [2.05, 4.69) is 162 Å². The van der Waals surface area contributed by atoms with Crippen LogP contribution in [0.2, 0.25) is 0 Å². The van der Waals surface area contributed by atoms with Crippen LogP contribution in [0.1, 0.15) is 0 Å². The minimum Gasteiger partial charge on any atom is -0.456 e. The number of para-hydroxylation sites is 3. The smallest absolute Gasteiger partial charge is 0.235 e. The molecule has 0 saturated carbocycles. The highest BCUT2D eigenvalue weighted by Crippen LogP contribution is 2.42. The Morgan fingerprint density at radius 2 is 1.04 bits per heavy atom. The lowest BCUT2D eigenvalue weighted by Gasteiger charge is -2.14. The molecule has 0 spiro atoms. The summed E-state index contributed by atoms with van der Waals surface area (Å²) in [4.78, 5) is 10.7. The van der Waals surface area contributed by atoms with Crippen LogP contribution < -0.4 is 0 Å². The van der Waals surface area contributed by atoms with Crippen LogP contribution >= 0.6 is 0 Å². The lowest BCUT2D eigenvalue weighted by atomic mass is 9.97. The maximum atomic E-state index is 6.28. The second-order valence-electron chi connectivity index (χ2n) is 13.4. The summed E-state index contributed by atoms with van der Waals surface area (Å²) in [5, 5.41) is 7.95. The molecular weight excluding hydrogens is 635 g/mol. The van der Waals surface area contributed by atoms with E-state index in [1.54, 1.807) is 0 Å². The van der Waals surface area contributed by atoms with Gasteiger partial charge < -0.3 is 4.42 Å². The van der Waals surface area contributed by atoms with E-state index in [-0.39, 0.29) is 0 Å². The highest BCUT2D eigenvalue weighted by molar-refractivity contribution is 6.21. The molecule has 11 aromatic rings. The Hall–Kier alpha value is -7.04. The molecule has 0 radical (unpaired) electrons. The second kappa shape index (κ2) is 11.2. The third-order valence-electron chi connectivity index (χ3n) is 10.4. The predicted octanol–water partition coefficient (Wildman–Crippen LogP) is 12.8. The van der Waals surface area contributed by atoms with Crippen LogP contribution in [-0.2, 0) is 0 Å². The fourth-order valence-electron chi connectivity index (χ4n) is 8.01. The van der Waals surface area contributed by atoms with Gasteiger partial charge >= 0.3 is 0 Å². The third kappa shape index (κ3) is 4.34. The van der Waals surface area contributed by atoms with Crippen molar-refractivity contribution in [3.8, 4) is 39.5 Å². The molecule has 0 fully saturated rings. The largest absolute Gasteiger partial charge is 0.456 e. The third-order valence-corrected chi connectivity index (χ3v) is 10.4. The summed E-state index contributed by atoms with van der Waals surface area (Å²) in [7, 11) is 0. The van der Waals surface area contributed by atoms with Gasteiger partial charge in [-0.3, -0.25) is 4.57 Å². The molecule has 0 unspecified atom stereocenters. The van der Waals surface area contributed by atoms with Gasteiger partial charge in [-0.15, -0.1) is 0 Å². The Bertz CT molecular complexity index is 3190. The molecule has 0 atom stereocenters. The van der Waals surface area contributed by atoms with Crippen molar-refractivity contribution in [3.05, 3.63) is 176 Å². The first-order valence-corrected chi connectivity index (χ1v) is 17.6. The first-order valence-electron chi connectivity index (χ1n) is 17.6.